The van der Waals surface area contributed by atoms with Gasteiger partial charge in [0.05, 0.1) is 6.20 Å². The third-order valence-electron chi connectivity index (χ3n) is 1.80. The summed E-state index contributed by atoms with van der Waals surface area (Å²) in [5.74, 6) is 0.359. The van der Waals surface area contributed by atoms with Crippen molar-refractivity contribution in [1.29, 1.82) is 0 Å². The first-order valence-corrected chi connectivity index (χ1v) is 4.31. The van der Waals surface area contributed by atoms with E-state index in [0.29, 0.717) is 5.82 Å². The Hall–Kier alpha value is -1.62. The summed E-state index contributed by atoms with van der Waals surface area (Å²) in [6.07, 6.45) is 5.12. The van der Waals surface area contributed by atoms with Gasteiger partial charge in [0, 0.05) is 30.6 Å². The second kappa shape index (κ2) is 3.26. The van der Waals surface area contributed by atoms with Gasteiger partial charge < -0.3 is 5.73 Å². The molecule has 72 valence electrons. The Morgan fingerprint density at radius 2 is 2.21 bits per heavy atom. The number of hydrogen-bond donors (Lipinski definition) is 1. The van der Waals surface area contributed by atoms with E-state index in [2.05, 4.69) is 15.1 Å². The van der Waals surface area contributed by atoms with E-state index in [-0.39, 0.29) is 5.28 Å². The predicted octanol–water partition coefficient (Wildman–Crippen LogP) is 1.11. The van der Waals surface area contributed by atoms with Gasteiger partial charge in [-0.05, 0) is 11.6 Å². The zero-order valence-corrected chi connectivity index (χ0v) is 8.23. The molecule has 0 spiro atoms. The number of anilines is 1. The van der Waals surface area contributed by atoms with Gasteiger partial charge in [0.15, 0.2) is 0 Å². The quantitative estimate of drug-likeness (QED) is 0.715. The molecule has 2 rings (SSSR count). The molecule has 5 nitrogen and oxygen atoms in total. The van der Waals surface area contributed by atoms with E-state index in [1.807, 2.05) is 13.2 Å². The molecule has 14 heavy (non-hydrogen) atoms. The number of aromatic nitrogens is 4. The number of nitrogen functional groups attached to an aromatic ring is 1. The molecule has 0 aliphatic carbocycles. The maximum Gasteiger partial charge on any atom is 0.224 e. The first kappa shape index (κ1) is 8.96. The van der Waals surface area contributed by atoms with E-state index in [4.69, 9.17) is 17.3 Å². The highest BCUT2D eigenvalue weighted by Gasteiger charge is 2.06. The Morgan fingerprint density at radius 1 is 1.43 bits per heavy atom. The van der Waals surface area contributed by atoms with Crippen LogP contribution in [0.4, 0.5) is 5.82 Å². The highest BCUT2D eigenvalue weighted by atomic mass is 35.5. The molecule has 0 radical (unpaired) electrons. The van der Waals surface area contributed by atoms with Gasteiger partial charge in [-0.25, -0.2) is 9.97 Å². The molecule has 2 heterocycles. The molecule has 2 aromatic heterocycles. The zero-order chi connectivity index (χ0) is 10.1. The smallest absolute Gasteiger partial charge is 0.224 e. The van der Waals surface area contributed by atoms with Crippen molar-refractivity contribution in [3.63, 3.8) is 0 Å². The van der Waals surface area contributed by atoms with E-state index >= 15 is 0 Å². The van der Waals surface area contributed by atoms with Crippen molar-refractivity contribution >= 4 is 17.4 Å². The molecule has 0 atom stereocenters. The van der Waals surface area contributed by atoms with Crippen LogP contribution in [-0.4, -0.2) is 19.7 Å². The Labute approximate surface area is 85.5 Å². The van der Waals surface area contributed by atoms with Crippen molar-refractivity contribution < 1.29 is 0 Å². The number of nitrogens with zero attached hydrogens (tertiary/aromatic N) is 4. The lowest BCUT2D eigenvalue weighted by atomic mass is 10.2. The topological polar surface area (TPSA) is 69.6 Å². The van der Waals surface area contributed by atoms with Crippen LogP contribution in [0.1, 0.15) is 0 Å². The molecule has 0 bridgehead atoms. The fourth-order valence-corrected chi connectivity index (χ4v) is 1.30. The van der Waals surface area contributed by atoms with Crippen LogP contribution in [0.3, 0.4) is 0 Å². The predicted molar refractivity (Wildman–Crippen MR) is 53.7 cm³/mol. The summed E-state index contributed by atoms with van der Waals surface area (Å²) in [6.45, 7) is 0. The van der Waals surface area contributed by atoms with Crippen molar-refractivity contribution in [2.45, 2.75) is 0 Å². The third kappa shape index (κ3) is 1.54. The lowest BCUT2D eigenvalue weighted by Crippen LogP contribution is -1.95. The Kier molecular flexibility index (Phi) is 2.09. The molecular formula is C8H8ClN5. The molecule has 0 saturated carbocycles. The Bertz CT molecular complexity index is 465. The summed E-state index contributed by atoms with van der Waals surface area (Å²) in [4.78, 5) is 7.72. The molecule has 0 aromatic carbocycles. The van der Waals surface area contributed by atoms with Gasteiger partial charge in [-0.3, -0.25) is 4.68 Å². The van der Waals surface area contributed by atoms with E-state index in [0.717, 1.165) is 11.1 Å². The number of hydrogen-bond acceptors (Lipinski definition) is 4. The highest BCUT2D eigenvalue weighted by molar-refractivity contribution is 6.28. The van der Waals surface area contributed by atoms with E-state index in [1.54, 1.807) is 17.1 Å². The molecule has 6 heteroatoms. The van der Waals surface area contributed by atoms with Gasteiger partial charge in [-0.1, -0.05) is 0 Å². The summed E-state index contributed by atoms with van der Waals surface area (Å²) < 4.78 is 1.68. The van der Waals surface area contributed by atoms with E-state index in [9.17, 15) is 0 Å². The van der Waals surface area contributed by atoms with Crippen molar-refractivity contribution in [1.82, 2.24) is 19.7 Å². The Balaban J connectivity index is 2.52. The van der Waals surface area contributed by atoms with Crippen LogP contribution in [0.25, 0.3) is 11.1 Å². The maximum atomic E-state index is 5.69. The SMILES string of the molecule is Cn1cc(-c2cnc(Cl)nc2N)cn1. The second-order valence-corrected chi connectivity index (χ2v) is 3.18. The fourth-order valence-electron chi connectivity index (χ4n) is 1.16. The minimum atomic E-state index is 0.148. The number of nitrogens with two attached hydrogens (primary N) is 1. The molecule has 0 amide bonds. The first-order valence-electron chi connectivity index (χ1n) is 3.94. The highest BCUT2D eigenvalue weighted by Crippen LogP contribution is 2.23. The number of rotatable bonds is 1. The van der Waals surface area contributed by atoms with Crippen LogP contribution >= 0.6 is 11.6 Å². The van der Waals surface area contributed by atoms with Gasteiger partial charge in [0.25, 0.3) is 0 Å². The summed E-state index contributed by atoms with van der Waals surface area (Å²) in [5, 5.41) is 4.18. The van der Waals surface area contributed by atoms with Gasteiger partial charge >= 0.3 is 0 Å². The van der Waals surface area contributed by atoms with Crippen LogP contribution in [-0.2, 0) is 7.05 Å². The molecule has 0 fully saturated rings. The van der Waals surface area contributed by atoms with E-state index in [1.165, 1.54) is 0 Å². The minimum Gasteiger partial charge on any atom is -0.383 e. The Morgan fingerprint density at radius 3 is 2.79 bits per heavy atom. The molecule has 0 saturated heterocycles. The summed E-state index contributed by atoms with van der Waals surface area (Å²) in [6, 6.07) is 0. The number of aryl methyl sites for hydroxylation is 1. The lowest BCUT2D eigenvalue weighted by Gasteiger charge is -2.00. The van der Waals surface area contributed by atoms with Crippen molar-refractivity contribution in [3.8, 4) is 11.1 Å². The van der Waals surface area contributed by atoms with E-state index < -0.39 is 0 Å². The second-order valence-electron chi connectivity index (χ2n) is 2.84. The normalized spacial score (nSPS) is 10.4. The van der Waals surface area contributed by atoms with Crippen molar-refractivity contribution in [2.24, 2.45) is 7.05 Å². The van der Waals surface area contributed by atoms with Gasteiger partial charge in [-0.15, -0.1) is 0 Å². The molecule has 2 N–H and O–H groups in total. The number of halogens is 1. The van der Waals surface area contributed by atoms with Crippen molar-refractivity contribution in [2.75, 3.05) is 5.73 Å². The van der Waals surface area contributed by atoms with Gasteiger partial charge in [0.2, 0.25) is 5.28 Å². The van der Waals surface area contributed by atoms with Crippen molar-refractivity contribution in [3.05, 3.63) is 23.9 Å². The van der Waals surface area contributed by atoms with Crippen LogP contribution in [0.15, 0.2) is 18.6 Å². The molecule has 0 aliphatic heterocycles. The van der Waals surface area contributed by atoms with Crippen LogP contribution in [0.2, 0.25) is 5.28 Å². The van der Waals surface area contributed by atoms with Gasteiger partial charge in [-0.2, -0.15) is 5.10 Å². The standard InChI is InChI=1S/C8H8ClN5/c1-14-4-5(2-12-14)6-3-11-8(9)13-7(6)10/h2-4H,1H3,(H2,10,11,13). The molecule has 0 aliphatic rings. The zero-order valence-electron chi connectivity index (χ0n) is 7.48. The minimum absolute atomic E-state index is 0.148. The maximum absolute atomic E-state index is 5.69. The average Bonchev–Trinajstić information content (AvgIpc) is 2.51. The molecule has 0 unspecified atom stereocenters. The summed E-state index contributed by atoms with van der Waals surface area (Å²) in [5.41, 5.74) is 7.31. The average molecular weight is 210 g/mol. The summed E-state index contributed by atoms with van der Waals surface area (Å²) in [7, 11) is 1.83. The fraction of sp³-hybridized carbons (Fsp3) is 0.125. The van der Waals surface area contributed by atoms with Crippen LogP contribution in [0, 0.1) is 0 Å². The monoisotopic (exact) mass is 209 g/mol. The molecule has 2 aromatic rings. The van der Waals surface area contributed by atoms with Crippen LogP contribution in [0.5, 0.6) is 0 Å². The largest absolute Gasteiger partial charge is 0.383 e. The first-order chi connectivity index (χ1) is 6.66. The molecular weight excluding hydrogens is 202 g/mol. The van der Waals surface area contributed by atoms with Gasteiger partial charge in [0.1, 0.15) is 5.82 Å². The third-order valence-corrected chi connectivity index (χ3v) is 1.99. The lowest BCUT2D eigenvalue weighted by molar-refractivity contribution is 0.768. The van der Waals surface area contributed by atoms with Crippen LogP contribution < -0.4 is 5.73 Å². The summed E-state index contributed by atoms with van der Waals surface area (Å²) >= 11 is 5.59.